The average Bonchev–Trinajstić information content (AvgIpc) is 3.02. The van der Waals surface area contributed by atoms with Crippen molar-refractivity contribution in [2.24, 2.45) is 17.8 Å². The number of carbonyl (C=O) groups excluding carboxylic acids is 1. The molecule has 0 heterocycles. The Morgan fingerprint density at radius 1 is 0.816 bits per heavy atom. The molecule has 0 radical (unpaired) electrons. The summed E-state index contributed by atoms with van der Waals surface area (Å²) in [4.78, 5) is 15.7. The Kier molecular flexibility index (Phi) is 11.6. The number of halogens is 5. The van der Waals surface area contributed by atoms with Crippen LogP contribution in [0.3, 0.4) is 0 Å². The van der Waals surface area contributed by atoms with Crippen LogP contribution >= 0.6 is 0 Å². The van der Waals surface area contributed by atoms with E-state index in [2.05, 4.69) is 72.6 Å². The highest BCUT2D eigenvalue weighted by Gasteiger charge is 2.52. The van der Waals surface area contributed by atoms with Crippen LogP contribution in [0.15, 0.2) is 99.6 Å². The lowest BCUT2D eigenvalue weighted by Gasteiger charge is -2.56. The Hall–Kier alpha value is -3.21. The molecular formula is C39H44F5NO3S. The minimum absolute atomic E-state index is 0.223. The summed E-state index contributed by atoms with van der Waals surface area (Å²) in [5.74, 6) is -1.36. The van der Waals surface area contributed by atoms with Gasteiger partial charge in [0.15, 0.2) is 14.7 Å². The Labute approximate surface area is 288 Å². The van der Waals surface area contributed by atoms with E-state index >= 15 is 0 Å². The molecule has 4 nitrogen and oxygen atoms in total. The number of alkyl halides is 5. The second-order valence-electron chi connectivity index (χ2n) is 13.9. The maximum atomic E-state index is 13.7. The number of hydrogen-bond donors (Lipinski definition) is 0. The fourth-order valence-corrected chi connectivity index (χ4v) is 10.0. The Morgan fingerprint density at radius 2 is 1.29 bits per heavy atom. The third-order valence-corrected chi connectivity index (χ3v) is 11.6. The summed E-state index contributed by atoms with van der Waals surface area (Å²) in [5.41, 5.74) is 1.83. The maximum absolute atomic E-state index is 13.7. The van der Waals surface area contributed by atoms with Crippen LogP contribution in [0.2, 0.25) is 0 Å². The molecule has 7 rings (SSSR count). The van der Waals surface area contributed by atoms with Gasteiger partial charge in [0.2, 0.25) is 0 Å². The van der Waals surface area contributed by atoms with Gasteiger partial charge < -0.3 is 14.8 Å². The van der Waals surface area contributed by atoms with E-state index in [1.54, 1.807) is 6.92 Å². The molecule has 4 saturated carbocycles. The Balaban J connectivity index is 0.000000195. The highest BCUT2D eigenvalue weighted by molar-refractivity contribution is 7.97. The van der Waals surface area contributed by atoms with Gasteiger partial charge >= 0.3 is 12.1 Å². The molecule has 4 aliphatic carbocycles. The molecule has 4 fully saturated rings. The maximum Gasteiger partial charge on any atom is 0.371 e. The number of esters is 1. The SMILES string of the molecule is C=C(C)C(=O)Oc1c(C)cc([S+](c2ccccc2)c2ccccc2)cc1C.FC(F)(F)C[N-]CC(F)(F)COC12CC3CC(CC(C3)C1)C2. The quantitative estimate of drug-likeness (QED) is 0.0658. The van der Waals surface area contributed by atoms with E-state index in [9.17, 15) is 26.7 Å². The molecule has 0 unspecified atom stereocenters. The van der Waals surface area contributed by atoms with Crippen molar-refractivity contribution >= 4 is 16.9 Å². The number of carbonyl (C=O) groups is 1. The molecule has 4 aliphatic rings. The zero-order chi connectivity index (χ0) is 35.4. The molecule has 0 aliphatic heterocycles. The standard InChI is InChI=1S/C24H23O2S.C15H21F5NO/c1-17(2)24(25)26-23-18(3)15-22(16-19(23)4)27(20-11-7-5-8-12-20)21-13-9-6-10-14-21;16-14(17,7-21-8-15(18,19)20)9-22-13-4-10-1-11(5-13)3-12(2-10)6-13/h5-16H,1H2,2-4H3;10-12H,1-9H2/q+1;-1. The van der Waals surface area contributed by atoms with Crippen LogP contribution in [0.5, 0.6) is 5.75 Å². The van der Waals surface area contributed by atoms with Crippen molar-refractivity contribution < 1.29 is 36.2 Å². The van der Waals surface area contributed by atoms with E-state index in [1.807, 2.05) is 26.0 Å². The van der Waals surface area contributed by atoms with Crippen LogP contribution in [0, 0.1) is 31.6 Å². The van der Waals surface area contributed by atoms with Crippen molar-refractivity contribution in [3.8, 4) is 5.75 Å². The van der Waals surface area contributed by atoms with Crippen molar-refractivity contribution in [2.75, 3.05) is 19.7 Å². The first-order valence-electron chi connectivity index (χ1n) is 16.7. The fourth-order valence-electron chi connectivity index (χ4n) is 7.75. The highest BCUT2D eigenvalue weighted by Crippen LogP contribution is 2.57. The third kappa shape index (κ3) is 9.95. The second kappa shape index (κ2) is 15.4. The van der Waals surface area contributed by atoms with Crippen LogP contribution in [0.1, 0.15) is 56.6 Å². The zero-order valence-corrected chi connectivity index (χ0v) is 29.0. The minimum atomic E-state index is -4.53. The number of ether oxygens (including phenoxy) is 2. The summed E-state index contributed by atoms with van der Waals surface area (Å²) in [6.07, 6.45) is 1.49. The molecule has 264 valence electrons. The lowest BCUT2D eigenvalue weighted by Crippen LogP contribution is -2.53. The van der Waals surface area contributed by atoms with E-state index in [1.165, 1.54) is 33.9 Å². The lowest BCUT2D eigenvalue weighted by molar-refractivity contribution is -0.197. The average molecular weight is 702 g/mol. The number of aryl methyl sites for hydroxylation is 2. The predicted octanol–water partition coefficient (Wildman–Crippen LogP) is 10.4. The molecular weight excluding hydrogens is 657 g/mol. The number of benzene rings is 3. The van der Waals surface area contributed by atoms with Gasteiger partial charge in [0.05, 0.1) is 16.5 Å². The molecule has 3 aromatic rings. The van der Waals surface area contributed by atoms with E-state index in [0.717, 1.165) is 30.4 Å². The number of nitrogens with zero attached hydrogens (tertiary/aromatic N) is 1. The van der Waals surface area contributed by atoms with Crippen molar-refractivity contribution in [2.45, 2.75) is 91.7 Å². The molecule has 0 atom stereocenters. The molecule has 49 heavy (non-hydrogen) atoms. The van der Waals surface area contributed by atoms with E-state index in [4.69, 9.17) is 9.47 Å². The minimum Gasteiger partial charge on any atom is -0.650 e. The summed E-state index contributed by atoms with van der Waals surface area (Å²) in [6, 6.07) is 25.2. The van der Waals surface area contributed by atoms with Gasteiger partial charge in [-0.15, -0.1) is 0 Å². The lowest BCUT2D eigenvalue weighted by atomic mass is 9.54. The fraction of sp³-hybridized carbons (Fsp3) is 0.462. The van der Waals surface area contributed by atoms with Crippen molar-refractivity contribution in [3.05, 3.63) is 101 Å². The van der Waals surface area contributed by atoms with Crippen LogP contribution in [0.25, 0.3) is 5.32 Å². The Bertz CT molecular complexity index is 1500. The van der Waals surface area contributed by atoms with E-state index in [-0.39, 0.29) is 16.9 Å². The Morgan fingerprint density at radius 3 is 1.71 bits per heavy atom. The van der Waals surface area contributed by atoms with Gasteiger partial charge in [0, 0.05) is 17.7 Å². The molecule has 4 bridgehead atoms. The summed E-state index contributed by atoms with van der Waals surface area (Å²) < 4.78 is 74.4. The topological polar surface area (TPSA) is 49.6 Å². The largest absolute Gasteiger partial charge is 0.650 e. The molecule has 0 amide bonds. The third-order valence-electron chi connectivity index (χ3n) is 9.38. The first-order chi connectivity index (χ1) is 23.1. The molecule has 3 aromatic carbocycles. The van der Waals surface area contributed by atoms with Gasteiger partial charge in [0.25, 0.3) is 5.92 Å². The van der Waals surface area contributed by atoms with Crippen molar-refractivity contribution in [3.63, 3.8) is 0 Å². The number of hydrogen-bond acceptors (Lipinski definition) is 3. The van der Waals surface area contributed by atoms with Crippen LogP contribution in [0.4, 0.5) is 22.0 Å². The summed E-state index contributed by atoms with van der Waals surface area (Å²) in [5, 5.41) is 2.92. The smallest absolute Gasteiger partial charge is 0.371 e. The summed E-state index contributed by atoms with van der Waals surface area (Å²) >= 11 is 0. The first kappa shape index (κ1) is 37.1. The highest BCUT2D eigenvalue weighted by atomic mass is 32.2. The molecule has 0 spiro atoms. The van der Waals surface area contributed by atoms with Crippen molar-refractivity contribution in [1.82, 2.24) is 0 Å². The van der Waals surface area contributed by atoms with Crippen LogP contribution in [-0.2, 0) is 20.4 Å². The van der Waals surface area contributed by atoms with Gasteiger partial charge in [-0.3, -0.25) is 0 Å². The molecule has 0 N–H and O–H groups in total. The number of rotatable bonds is 11. The van der Waals surface area contributed by atoms with E-state index < -0.39 is 37.4 Å². The van der Waals surface area contributed by atoms with Gasteiger partial charge in [-0.1, -0.05) is 56.1 Å². The van der Waals surface area contributed by atoms with Crippen molar-refractivity contribution in [1.29, 1.82) is 0 Å². The summed E-state index contributed by atoms with van der Waals surface area (Å²) in [6.45, 7) is 5.81. The zero-order valence-electron chi connectivity index (χ0n) is 28.2. The first-order valence-corrected chi connectivity index (χ1v) is 17.9. The molecule has 0 saturated heterocycles. The van der Waals surface area contributed by atoms with E-state index in [0.29, 0.717) is 29.1 Å². The van der Waals surface area contributed by atoms with Gasteiger partial charge in [-0.25, -0.2) is 13.6 Å². The predicted molar refractivity (Wildman–Crippen MR) is 182 cm³/mol. The van der Waals surface area contributed by atoms with Gasteiger partial charge in [0.1, 0.15) is 12.4 Å². The van der Waals surface area contributed by atoms with Gasteiger partial charge in [-0.05, 0) is 112 Å². The molecule has 0 aromatic heterocycles. The van der Waals surface area contributed by atoms with Crippen LogP contribution in [-0.4, -0.2) is 43.4 Å². The van der Waals surface area contributed by atoms with Crippen LogP contribution < -0.4 is 4.74 Å². The monoisotopic (exact) mass is 701 g/mol. The normalized spacial score (nSPS) is 22.8. The molecule has 10 heteroatoms. The van der Waals surface area contributed by atoms with Gasteiger partial charge in [-0.2, -0.15) is 13.2 Å². The summed E-state index contributed by atoms with van der Waals surface area (Å²) in [7, 11) is -0.223. The second-order valence-corrected chi connectivity index (χ2v) is 15.9.